The Morgan fingerprint density at radius 3 is 3.00 bits per heavy atom. The van der Waals surface area contributed by atoms with Gasteiger partial charge in [0, 0.05) is 11.1 Å². The van der Waals surface area contributed by atoms with Crippen LogP contribution in [0.5, 0.6) is 0 Å². The van der Waals surface area contributed by atoms with Gasteiger partial charge in [-0.15, -0.1) is 5.10 Å². The van der Waals surface area contributed by atoms with Crippen molar-refractivity contribution in [2.45, 2.75) is 6.61 Å². The number of nitrogens with one attached hydrogen (secondary N) is 1. The van der Waals surface area contributed by atoms with Gasteiger partial charge in [0.2, 0.25) is 5.95 Å². The van der Waals surface area contributed by atoms with Crippen molar-refractivity contribution in [2.24, 2.45) is 10.3 Å². The molecule has 0 saturated carbocycles. The first-order chi connectivity index (χ1) is 10.8. The topological polar surface area (TPSA) is 135 Å². The van der Waals surface area contributed by atoms with Crippen molar-refractivity contribution in [3.05, 3.63) is 41.2 Å². The average Bonchev–Trinajstić information content (AvgIpc) is 2.96. The van der Waals surface area contributed by atoms with E-state index in [1.165, 1.54) is 7.11 Å². The lowest BCUT2D eigenvalue weighted by atomic mass is 10.0. The monoisotopic (exact) mass is 299 g/mol. The molecule has 0 bridgehead atoms. The summed E-state index contributed by atoms with van der Waals surface area (Å²) in [6, 6.07) is 9.08. The molecule has 3 N–H and O–H groups in total. The molecule has 0 amide bonds. The lowest BCUT2D eigenvalue weighted by molar-refractivity contribution is 0.132. The summed E-state index contributed by atoms with van der Waals surface area (Å²) >= 11 is 0. The Balaban J connectivity index is 2.34. The zero-order valence-corrected chi connectivity index (χ0v) is 11.7. The Labute approximate surface area is 126 Å². The largest absolute Gasteiger partial charge is 0.399 e. The minimum absolute atomic E-state index is 0.103. The fourth-order valence-electron chi connectivity index (χ4n) is 1.74. The number of nitriles is 1. The molecule has 0 fully saturated rings. The van der Waals surface area contributed by atoms with Crippen LogP contribution in [0.25, 0.3) is 0 Å². The maximum atomic E-state index is 8.38. The van der Waals surface area contributed by atoms with Crippen LogP contribution in [0.15, 0.2) is 34.6 Å². The Hall–Kier alpha value is -3.41. The lowest BCUT2D eigenvalue weighted by Gasteiger charge is -2.08. The molecule has 0 aliphatic rings. The number of nitrogens with two attached hydrogens (primary N) is 1. The van der Waals surface area contributed by atoms with E-state index < -0.39 is 0 Å². The third kappa shape index (κ3) is 3.57. The predicted octanol–water partition coefficient (Wildman–Crippen LogP) is 0.812. The van der Waals surface area contributed by atoms with Gasteiger partial charge in [0.1, 0.15) is 26.0 Å². The highest BCUT2D eigenvalue weighted by Gasteiger charge is 2.16. The highest BCUT2D eigenvalue weighted by molar-refractivity contribution is 6.11. The van der Waals surface area contributed by atoms with E-state index in [9.17, 15) is 0 Å². The van der Waals surface area contributed by atoms with Crippen LogP contribution in [0.3, 0.4) is 0 Å². The highest BCUT2D eigenvalue weighted by Crippen LogP contribution is 2.15. The van der Waals surface area contributed by atoms with Crippen LogP contribution in [-0.2, 0) is 16.3 Å². The molecule has 9 nitrogen and oxygen atoms in total. The zero-order valence-electron chi connectivity index (χ0n) is 11.7. The van der Waals surface area contributed by atoms with Gasteiger partial charge in [0.15, 0.2) is 11.5 Å². The summed E-state index contributed by atoms with van der Waals surface area (Å²) in [5.41, 5.74) is 7.44. The highest BCUT2D eigenvalue weighted by atomic mass is 16.6. The van der Waals surface area contributed by atoms with Crippen LogP contribution < -0.4 is 5.73 Å². The number of hydrogen-bond donors (Lipinski definition) is 2. The number of hydrogen-bond acceptors (Lipinski definition) is 8. The fraction of sp³-hybridized carbons (Fsp3) is 0.154. The summed E-state index contributed by atoms with van der Waals surface area (Å²) in [5.74, 6) is 0.471. The maximum absolute atomic E-state index is 8.38. The van der Waals surface area contributed by atoms with Gasteiger partial charge in [0.25, 0.3) is 0 Å². The first-order valence-electron chi connectivity index (χ1n) is 6.17. The summed E-state index contributed by atoms with van der Waals surface area (Å²) in [7, 11) is 1.43. The zero-order chi connectivity index (χ0) is 15.8. The van der Waals surface area contributed by atoms with Crippen molar-refractivity contribution in [1.82, 2.24) is 15.2 Å². The number of nitrogens with zero attached hydrogens (tertiary/aromatic N) is 5. The van der Waals surface area contributed by atoms with Crippen molar-refractivity contribution in [1.29, 1.82) is 5.26 Å². The predicted molar refractivity (Wildman–Crippen MR) is 78.8 cm³/mol. The summed E-state index contributed by atoms with van der Waals surface area (Å²) < 4.78 is 0. The van der Waals surface area contributed by atoms with E-state index in [1.807, 2.05) is 24.3 Å². The first kappa shape index (κ1) is 15.0. The third-order valence-corrected chi connectivity index (χ3v) is 2.59. The molecule has 0 radical (unpaired) electrons. The summed E-state index contributed by atoms with van der Waals surface area (Å²) in [4.78, 5) is 14.0. The van der Waals surface area contributed by atoms with Gasteiger partial charge in [-0.05, 0) is 0 Å². The van der Waals surface area contributed by atoms with E-state index in [0.29, 0.717) is 17.1 Å². The average molecular weight is 299 g/mol. The molecule has 2 aromatic rings. The summed E-state index contributed by atoms with van der Waals surface area (Å²) in [6.45, 7) is 0.153. The molecule has 0 aliphatic carbocycles. The molecule has 0 saturated heterocycles. The molecular weight excluding hydrogens is 286 g/mol. The molecule has 1 aromatic heterocycles. The SMILES string of the molecule is CO/N=C(/c1nc(N)n[nH]1)c1ccccc1CO/N=C\C#N. The molecule has 112 valence electrons. The third-order valence-electron chi connectivity index (χ3n) is 2.59. The van der Waals surface area contributed by atoms with Gasteiger partial charge >= 0.3 is 0 Å². The molecule has 22 heavy (non-hydrogen) atoms. The Bertz CT molecular complexity index is 730. The number of aromatic nitrogens is 3. The number of H-pyrrole nitrogens is 1. The van der Waals surface area contributed by atoms with E-state index in [1.54, 1.807) is 6.07 Å². The van der Waals surface area contributed by atoms with Crippen LogP contribution in [0.1, 0.15) is 17.0 Å². The molecule has 1 aromatic carbocycles. The molecule has 0 atom stereocenters. The van der Waals surface area contributed by atoms with Crippen molar-refractivity contribution in [2.75, 3.05) is 12.8 Å². The molecular formula is C13H13N7O2. The maximum Gasteiger partial charge on any atom is 0.239 e. The normalized spacial score (nSPS) is 11.4. The van der Waals surface area contributed by atoms with E-state index in [4.69, 9.17) is 20.7 Å². The number of anilines is 1. The van der Waals surface area contributed by atoms with Crippen LogP contribution in [-0.4, -0.2) is 34.2 Å². The van der Waals surface area contributed by atoms with Gasteiger partial charge in [0.05, 0.1) is 0 Å². The van der Waals surface area contributed by atoms with Crippen molar-refractivity contribution in [3.8, 4) is 6.07 Å². The molecule has 0 aliphatic heterocycles. The van der Waals surface area contributed by atoms with Crippen LogP contribution in [0.4, 0.5) is 5.95 Å². The standard InChI is InChI=1S/C13H13N7O2/c1-21-20-11(12-17-13(15)19-18-12)10-5-3-2-4-9(10)8-22-16-7-6-14/h2-5,7H,8H2,1H3,(H3,15,17,18,19)/b16-7-,20-11+. The van der Waals surface area contributed by atoms with Crippen LogP contribution >= 0.6 is 0 Å². The second-order valence-corrected chi connectivity index (χ2v) is 3.96. The Morgan fingerprint density at radius 2 is 2.32 bits per heavy atom. The molecule has 9 heteroatoms. The van der Waals surface area contributed by atoms with Crippen LogP contribution in [0, 0.1) is 11.3 Å². The van der Waals surface area contributed by atoms with Gasteiger partial charge in [-0.2, -0.15) is 10.2 Å². The number of benzene rings is 1. The molecule has 0 spiro atoms. The number of aromatic amines is 1. The first-order valence-corrected chi connectivity index (χ1v) is 6.17. The van der Waals surface area contributed by atoms with Crippen molar-refractivity contribution < 1.29 is 9.68 Å². The van der Waals surface area contributed by atoms with Gasteiger partial charge in [-0.25, -0.2) is 0 Å². The van der Waals surface area contributed by atoms with Gasteiger partial charge in [-0.1, -0.05) is 34.6 Å². The van der Waals surface area contributed by atoms with Crippen molar-refractivity contribution >= 4 is 17.9 Å². The minimum Gasteiger partial charge on any atom is -0.399 e. The van der Waals surface area contributed by atoms with E-state index in [0.717, 1.165) is 11.8 Å². The summed E-state index contributed by atoms with van der Waals surface area (Å²) in [5, 5.41) is 22.3. The second-order valence-electron chi connectivity index (χ2n) is 3.96. The van der Waals surface area contributed by atoms with E-state index in [2.05, 4.69) is 25.5 Å². The lowest BCUT2D eigenvalue weighted by Crippen LogP contribution is -2.10. The van der Waals surface area contributed by atoms with E-state index >= 15 is 0 Å². The Kier molecular flexibility index (Phi) is 5.04. The number of nitrogen functional groups attached to an aromatic ring is 1. The number of rotatable bonds is 6. The second kappa shape index (κ2) is 7.39. The quantitative estimate of drug-likeness (QED) is 0.598. The molecule has 2 rings (SSSR count). The fourth-order valence-corrected chi connectivity index (χ4v) is 1.74. The van der Waals surface area contributed by atoms with Gasteiger partial charge in [-0.3, -0.25) is 5.10 Å². The van der Waals surface area contributed by atoms with Crippen molar-refractivity contribution in [3.63, 3.8) is 0 Å². The molecule has 0 unspecified atom stereocenters. The Morgan fingerprint density at radius 1 is 1.50 bits per heavy atom. The van der Waals surface area contributed by atoms with E-state index in [-0.39, 0.29) is 12.6 Å². The van der Waals surface area contributed by atoms with Gasteiger partial charge < -0.3 is 15.4 Å². The summed E-state index contributed by atoms with van der Waals surface area (Å²) in [6.07, 6.45) is 1.00. The number of oxime groups is 2. The smallest absolute Gasteiger partial charge is 0.239 e. The molecule has 1 heterocycles. The van der Waals surface area contributed by atoms with Crippen LogP contribution in [0.2, 0.25) is 0 Å². The minimum atomic E-state index is 0.103.